The minimum Gasteiger partial charge on any atom is -0.492 e. The molecule has 7 heteroatoms. The standard InChI is InChI=1S/C19H21N3O4/c1-2-25-19(24)14-8-6-13(7-9-14)18(23)22-10-11-26-16-5-3-4-15(12-16)17(20)21/h3-9,12H,2,10-11H2,1H3,(H3,20,21)(H,22,23). The molecule has 2 aromatic rings. The van der Waals surface area contributed by atoms with E-state index in [0.29, 0.717) is 35.6 Å². The SMILES string of the molecule is CCOC(=O)c1ccc(C(=O)NCCOc2cccc(C(=N)N)c2)cc1. The van der Waals surface area contributed by atoms with E-state index in [-0.39, 0.29) is 18.3 Å². The van der Waals surface area contributed by atoms with Gasteiger partial charge in [-0.2, -0.15) is 0 Å². The highest BCUT2D eigenvalue weighted by molar-refractivity contribution is 5.96. The first-order valence-corrected chi connectivity index (χ1v) is 8.14. The Labute approximate surface area is 151 Å². The van der Waals surface area contributed by atoms with Gasteiger partial charge in [0.1, 0.15) is 18.2 Å². The third-order valence-corrected chi connectivity index (χ3v) is 3.46. The molecule has 0 atom stereocenters. The third kappa shape index (κ3) is 5.34. The number of amidine groups is 1. The Morgan fingerprint density at radius 1 is 1.08 bits per heavy atom. The first-order chi connectivity index (χ1) is 12.5. The first-order valence-electron chi connectivity index (χ1n) is 8.14. The molecule has 0 aliphatic carbocycles. The molecule has 0 fully saturated rings. The van der Waals surface area contributed by atoms with Crippen LogP contribution in [0.25, 0.3) is 0 Å². The van der Waals surface area contributed by atoms with Crippen molar-refractivity contribution in [3.8, 4) is 5.75 Å². The lowest BCUT2D eigenvalue weighted by molar-refractivity contribution is 0.0526. The molecule has 1 amide bonds. The van der Waals surface area contributed by atoms with E-state index >= 15 is 0 Å². The Kier molecular flexibility index (Phi) is 6.73. The zero-order valence-electron chi connectivity index (χ0n) is 14.5. The number of rotatable bonds is 8. The van der Waals surface area contributed by atoms with Gasteiger partial charge >= 0.3 is 5.97 Å². The molecule has 0 radical (unpaired) electrons. The number of hydrogen-bond donors (Lipinski definition) is 3. The molecule has 0 heterocycles. The van der Waals surface area contributed by atoms with Gasteiger partial charge in [-0.1, -0.05) is 12.1 Å². The summed E-state index contributed by atoms with van der Waals surface area (Å²) in [6.45, 7) is 2.62. The average Bonchev–Trinajstić information content (AvgIpc) is 2.65. The van der Waals surface area contributed by atoms with E-state index in [9.17, 15) is 9.59 Å². The van der Waals surface area contributed by atoms with E-state index < -0.39 is 5.97 Å². The number of benzene rings is 2. The van der Waals surface area contributed by atoms with Gasteiger partial charge in [-0.3, -0.25) is 10.2 Å². The maximum absolute atomic E-state index is 12.1. The number of nitrogens with two attached hydrogens (primary N) is 1. The van der Waals surface area contributed by atoms with Crippen molar-refractivity contribution < 1.29 is 19.1 Å². The molecular formula is C19H21N3O4. The molecule has 136 valence electrons. The molecule has 26 heavy (non-hydrogen) atoms. The predicted molar refractivity (Wildman–Crippen MR) is 97.7 cm³/mol. The van der Waals surface area contributed by atoms with E-state index in [4.69, 9.17) is 20.6 Å². The summed E-state index contributed by atoms with van der Waals surface area (Å²) in [6.07, 6.45) is 0. The molecule has 0 spiro atoms. The zero-order valence-corrected chi connectivity index (χ0v) is 14.5. The van der Waals surface area contributed by atoms with Crippen LogP contribution in [0.3, 0.4) is 0 Å². The fourth-order valence-electron chi connectivity index (χ4n) is 2.16. The van der Waals surface area contributed by atoms with Crippen LogP contribution in [0.15, 0.2) is 48.5 Å². The maximum Gasteiger partial charge on any atom is 0.338 e. The van der Waals surface area contributed by atoms with Crippen LogP contribution in [0.4, 0.5) is 0 Å². The van der Waals surface area contributed by atoms with Crippen LogP contribution in [0, 0.1) is 5.41 Å². The second kappa shape index (κ2) is 9.22. The summed E-state index contributed by atoms with van der Waals surface area (Å²) >= 11 is 0. The van der Waals surface area contributed by atoms with Crippen molar-refractivity contribution in [2.45, 2.75) is 6.92 Å². The number of amides is 1. The van der Waals surface area contributed by atoms with Crippen molar-refractivity contribution in [1.29, 1.82) is 5.41 Å². The van der Waals surface area contributed by atoms with Gasteiger partial charge in [0.25, 0.3) is 5.91 Å². The molecule has 0 unspecified atom stereocenters. The third-order valence-electron chi connectivity index (χ3n) is 3.46. The second-order valence-corrected chi connectivity index (χ2v) is 5.34. The lowest BCUT2D eigenvalue weighted by Crippen LogP contribution is -2.28. The van der Waals surface area contributed by atoms with Crippen molar-refractivity contribution in [3.05, 3.63) is 65.2 Å². The molecule has 2 aromatic carbocycles. The van der Waals surface area contributed by atoms with Gasteiger partial charge in [-0.15, -0.1) is 0 Å². The molecule has 0 aromatic heterocycles. The minimum atomic E-state index is -0.416. The van der Waals surface area contributed by atoms with E-state index in [1.807, 2.05) is 0 Å². The number of carbonyl (C=O) groups is 2. The van der Waals surface area contributed by atoms with Gasteiger partial charge < -0.3 is 20.5 Å². The van der Waals surface area contributed by atoms with Crippen molar-refractivity contribution in [1.82, 2.24) is 5.32 Å². The lowest BCUT2D eigenvalue weighted by Gasteiger charge is -2.09. The molecular weight excluding hydrogens is 334 g/mol. The van der Waals surface area contributed by atoms with Crippen LogP contribution in [-0.2, 0) is 4.74 Å². The second-order valence-electron chi connectivity index (χ2n) is 5.34. The minimum absolute atomic E-state index is 0.0324. The van der Waals surface area contributed by atoms with Crippen LogP contribution in [0.2, 0.25) is 0 Å². The van der Waals surface area contributed by atoms with Gasteiger partial charge in [0, 0.05) is 11.1 Å². The molecule has 4 N–H and O–H groups in total. The van der Waals surface area contributed by atoms with Crippen LogP contribution in [-0.4, -0.2) is 37.5 Å². The number of carbonyl (C=O) groups excluding carboxylic acids is 2. The van der Waals surface area contributed by atoms with E-state index in [0.717, 1.165) is 0 Å². The fraction of sp³-hybridized carbons (Fsp3) is 0.211. The fourth-order valence-corrected chi connectivity index (χ4v) is 2.16. The van der Waals surface area contributed by atoms with Gasteiger partial charge in [0.15, 0.2) is 0 Å². The smallest absolute Gasteiger partial charge is 0.338 e. The number of ether oxygens (including phenoxy) is 2. The summed E-state index contributed by atoms with van der Waals surface area (Å²) in [6, 6.07) is 13.1. The largest absolute Gasteiger partial charge is 0.492 e. The summed E-state index contributed by atoms with van der Waals surface area (Å²) in [5.74, 6) is -0.136. The lowest BCUT2D eigenvalue weighted by atomic mass is 10.1. The van der Waals surface area contributed by atoms with Crippen molar-refractivity contribution in [2.24, 2.45) is 5.73 Å². The summed E-state index contributed by atoms with van der Waals surface area (Å²) in [5.41, 5.74) is 6.85. The topological polar surface area (TPSA) is 115 Å². The summed E-state index contributed by atoms with van der Waals surface area (Å²) in [5, 5.41) is 10.1. The van der Waals surface area contributed by atoms with Crippen molar-refractivity contribution >= 4 is 17.7 Å². The number of hydrogen-bond acceptors (Lipinski definition) is 5. The van der Waals surface area contributed by atoms with Gasteiger partial charge in [0.05, 0.1) is 18.7 Å². The molecule has 0 saturated carbocycles. The Bertz CT molecular complexity index is 788. The Morgan fingerprint density at radius 3 is 2.42 bits per heavy atom. The van der Waals surface area contributed by atoms with Crippen molar-refractivity contribution in [2.75, 3.05) is 19.8 Å². The average molecular weight is 355 g/mol. The quantitative estimate of drug-likeness (QED) is 0.290. The van der Waals surface area contributed by atoms with E-state index in [2.05, 4.69) is 5.32 Å². The van der Waals surface area contributed by atoms with E-state index in [1.54, 1.807) is 55.5 Å². The molecule has 7 nitrogen and oxygen atoms in total. The van der Waals surface area contributed by atoms with Gasteiger partial charge in [-0.05, 0) is 43.3 Å². The summed E-state index contributed by atoms with van der Waals surface area (Å²) < 4.78 is 10.4. The maximum atomic E-state index is 12.1. The van der Waals surface area contributed by atoms with E-state index in [1.165, 1.54) is 0 Å². The predicted octanol–water partition coefficient (Wildman–Crippen LogP) is 1.96. The summed E-state index contributed by atoms with van der Waals surface area (Å²) in [7, 11) is 0. The van der Waals surface area contributed by atoms with Crippen LogP contribution >= 0.6 is 0 Å². The van der Waals surface area contributed by atoms with Crippen LogP contribution in [0.1, 0.15) is 33.2 Å². The highest BCUT2D eigenvalue weighted by atomic mass is 16.5. The Balaban J connectivity index is 1.81. The van der Waals surface area contributed by atoms with Gasteiger partial charge in [0.2, 0.25) is 0 Å². The molecule has 2 rings (SSSR count). The zero-order chi connectivity index (χ0) is 18.9. The molecule has 0 bridgehead atoms. The highest BCUT2D eigenvalue weighted by Gasteiger charge is 2.09. The van der Waals surface area contributed by atoms with Crippen LogP contribution in [0.5, 0.6) is 5.75 Å². The highest BCUT2D eigenvalue weighted by Crippen LogP contribution is 2.12. The Hall–Kier alpha value is -3.35. The molecule has 0 aliphatic heterocycles. The van der Waals surface area contributed by atoms with Crippen LogP contribution < -0.4 is 15.8 Å². The monoisotopic (exact) mass is 355 g/mol. The van der Waals surface area contributed by atoms with Crippen molar-refractivity contribution in [3.63, 3.8) is 0 Å². The number of nitrogen functional groups attached to an aromatic ring is 1. The summed E-state index contributed by atoms with van der Waals surface area (Å²) in [4.78, 5) is 23.7. The normalized spacial score (nSPS) is 10.0. The molecule has 0 aliphatic rings. The van der Waals surface area contributed by atoms with Gasteiger partial charge in [-0.25, -0.2) is 4.79 Å². The Morgan fingerprint density at radius 2 is 1.77 bits per heavy atom. The number of esters is 1. The molecule has 0 saturated heterocycles. The number of nitrogens with one attached hydrogen (secondary N) is 2. The first kappa shape index (κ1) is 19.0.